The molecule has 0 unspecified atom stereocenters. The van der Waals surface area contributed by atoms with E-state index >= 15 is 0 Å². The molecule has 0 fully saturated rings. The molecule has 2 aromatic carbocycles. The van der Waals surface area contributed by atoms with Gasteiger partial charge >= 0.3 is 0 Å². The molecule has 0 saturated heterocycles. The second-order valence-corrected chi connectivity index (χ2v) is 15.3. The van der Waals surface area contributed by atoms with Crippen LogP contribution in [-0.4, -0.2) is 89.5 Å². The first-order valence-corrected chi connectivity index (χ1v) is 18.7. The molecule has 8 rings (SSSR count). The zero-order valence-electron chi connectivity index (χ0n) is 34.1. The highest BCUT2D eigenvalue weighted by Crippen LogP contribution is 2.47. The van der Waals surface area contributed by atoms with Crippen LogP contribution in [0.3, 0.4) is 0 Å². The van der Waals surface area contributed by atoms with E-state index in [0.29, 0.717) is 23.0 Å². The minimum atomic E-state index is -0.747. The molecule has 1 N–H and O–H groups in total. The van der Waals surface area contributed by atoms with Gasteiger partial charge < -0.3 is 10.2 Å². The van der Waals surface area contributed by atoms with Crippen molar-refractivity contribution >= 4 is 46.9 Å². The molecule has 0 bridgehead atoms. The summed E-state index contributed by atoms with van der Waals surface area (Å²) in [5, 5.41) is 2.53. The van der Waals surface area contributed by atoms with E-state index in [1.807, 2.05) is 77.9 Å². The molecule has 0 radical (unpaired) electrons. The molecule has 2 aliphatic heterocycles. The molecule has 0 aliphatic carbocycles. The average molecular weight is 791 g/mol. The molecule has 6 aromatic rings. The van der Waals surface area contributed by atoms with Crippen LogP contribution in [0.4, 0.5) is 23.3 Å². The van der Waals surface area contributed by atoms with Crippen molar-refractivity contribution in [2.45, 2.75) is 52.4 Å². The number of hydrogen-bond acceptors (Lipinski definition) is 12. The van der Waals surface area contributed by atoms with E-state index < -0.39 is 10.8 Å². The van der Waals surface area contributed by atoms with Gasteiger partial charge in [0, 0.05) is 69.5 Å². The van der Waals surface area contributed by atoms with Crippen LogP contribution in [-0.2, 0) is 20.4 Å². The highest BCUT2D eigenvalue weighted by atomic mass is 16.2. The van der Waals surface area contributed by atoms with Gasteiger partial charge in [-0.05, 0) is 88.1 Å². The molecule has 0 saturated carbocycles. The SMILES string of the molecule is CNC(=O)c1ccnc(N2C(=O)C(C)(C)c3ccc(-c4cnc(C)nc4)cc32)n1.Cc1ncc(-c2ccc3c(c2)N(c2nccc(C(=O)N(C)C)n2)C(=O)C3(C)C)cn1. The first-order chi connectivity index (χ1) is 28.0. The summed E-state index contributed by atoms with van der Waals surface area (Å²) in [5.74, 6) is 0.821. The smallest absolute Gasteiger partial charge is 0.272 e. The van der Waals surface area contributed by atoms with Gasteiger partial charge in [0.1, 0.15) is 23.0 Å². The van der Waals surface area contributed by atoms with Crippen LogP contribution in [0, 0.1) is 13.8 Å². The normalized spacial score (nSPS) is 14.6. The fourth-order valence-corrected chi connectivity index (χ4v) is 6.85. The Labute approximate surface area is 340 Å². The van der Waals surface area contributed by atoms with Gasteiger partial charge in [-0.2, -0.15) is 0 Å². The fraction of sp³-hybridized carbons (Fsp3) is 0.256. The summed E-state index contributed by atoms with van der Waals surface area (Å²) in [5.41, 5.74) is 5.49. The summed E-state index contributed by atoms with van der Waals surface area (Å²) < 4.78 is 0. The summed E-state index contributed by atoms with van der Waals surface area (Å²) in [7, 11) is 4.83. The molecule has 0 spiro atoms. The van der Waals surface area contributed by atoms with Crippen molar-refractivity contribution in [2.24, 2.45) is 0 Å². The largest absolute Gasteiger partial charge is 0.354 e. The van der Waals surface area contributed by atoms with Gasteiger partial charge in [-0.1, -0.05) is 24.3 Å². The van der Waals surface area contributed by atoms with Crippen molar-refractivity contribution in [2.75, 3.05) is 30.9 Å². The number of anilines is 4. The van der Waals surface area contributed by atoms with Crippen molar-refractivity contribution in [1.82, 2.24) is 50.1 Å². The lowest BCUT2D eigenvalue weighted by molar-refractivity contribution is -0.122. The summed E-state index contributed by atoms with van der Waals surface area (Å²) in [6.45, 7) is 11.1. The van der Waals surface area contributed by atoms with Gasteiger partial charge in [-0.3, -0.25) is 19.2 Å². The third kappa shape index (κ3) is 7.24. The molecular weight excluding hydrogens is 749 g/mol. The van der Waals surface area contributed by atoms with Gasteiger partial charge in [-0.25, -0.2) is 49.7 Å². The lowest BCUT2D eigenvalue weighted by Gasteiger charge is -2.19. The van der Waals surface area contributed by atoms with Crippen LogP contribution in [0.15, 0.2) is 85.7 Å². The number of nitrogens with one attached hydrogen (secondary N) is 1. The molecule has 16 heteroatoms. The van der Waals surface area contributed by atoms with Crippen LogP contribution in [0.5, 0.6) is 0 Å². The quantitative estimate of drug-likeness (QED) is 0.224. The number of aromatic nitrogens is 8. The molecule has 298 valence electrons. The number of nitrogens with zero attached hydrogens (tertiary/aromatic N) is 11. The van der Waals surface area contributed by atoms with Gasteiger partial charge in [0.2, 0.25) is 23.7 Å². The number of carbonyl (C=O) groups is 4. The Morgan fingerprint density at radius 1 is 0.593 bits per heavy atom. The Balaban J connectivity index is 0.000000179. The van der Waals surface area contributed by atoms with Gasteiger partial charge in [0.25, 0.3) is 11.8 Å². The molecule has 4 amide bonds. The number of hydrogen-bond donors (Lipinski definition) is 1. The standard InChI is InChI=1S/C22H22N6O2.C21H20N6O2/c1-13-24-11-15(12-25-13)14-6-7-16-18(10-14)28(20(30)22(16,2)3)21-23-9-8-17(26-21)19(29)27(4)5;1-12-24-10-14(11-25-12)13-5-6-15-17(9-13)27(19(29)21(15,2)3)20-23-8-7-16(26-20)18(28)22-4/h6-12H,1-5H3;5-11H,1-4H3,(H,22,28). The van der Waals surface area contributed by atoms with E-state index in [4.69, 9.17) is 0 Å². The van der Waals surface area contributed by atoms with Crippen LogP contribution >= 0.6 is 0 Å². The Morgan fingerprint density at radius 3 is 1.41 bits per heavy atom. The topological polar surface area (TPSA) is 193 Å². The Bertz CT molecular complexity index is 2640. The third-order valence-electron chi connectivity index (χ3n) is 10.3. The molecule has 6 heterocycles. The highest BCUT2D eigenvalue weighted by Gasteiger charge is 2.47. The van der Waals surface area contributed by atoms with Crippen LogP contribution in [0.25, 0.3) is 22.3 Å². The number of benzene rings is 2. The highest BCUT2D eigenvalue weighted by molar-refractivity contribution is 6.13. The predicted molar refractivity (Wildman–Crippen MR) is 220 cm³/mol. The minimum absolute atomic E-state index is 0.149. The van der Waals surface area contributed by atoms with E-state index in [0.717, 1.165) is 33.4 Å². The lowest BCUT2D eigenvalue weighted by atomic mass is 9.85. The summed E-state index contributed by atoms with van der Waals surface area (Å²) in [4.78, 5) is 89.6. The van der Waals surface area contributed by atoms with Crippen molar-refractivity contribution in [1.29, 1.82) is 0 Å². The predicted octanol–water partition coefficient (Wildman–Crippen LogP) is 5.46. The van der Waals surface area contributed by atoms with Gasteiger partial charge in [0.15, 0.2) is 0 Å². The van der Waals surface area contributed by atoms with Crippen LogP contribution in [0.1, 0.15) is 71.4 Å². The number of fused-ring (bicyclic) bond motifs is 2. The zero-order valence-corrected chi connectivity index (χ0v) is 34.1. The first kappa shape index (κ1) is 39.9. The maximum absolute atomic E-state index is 13.3. The minimum Gasteiger partial charge on any atom is -0.354 e. The molecule has 0 atom stereocenters. The number of aryl methyl sites for hydroxylation is 2. The zero-order chi connectivity index (χ0) is 42.4. The number of rotatable bonds is 6. The van der Waals surface area contributed by atoms with Crippen molar-refractivity contribution in [3.63, 3.8) is 0 Å². The molecule has 59 heavy (non-hydrogen) atoms. The maximum atomic E-state index is 13.3. The Morgan fingerprint density at radius 2 is 1.00 bits per heavy atom. The Kier molecular flexibility index (Phi) is 10.3. The van der Waals surface area contributed by atoms with Gasteiger partial charge in [0.05, 0.1) is 22.2 Å². The second-order valence-electron chi connectivity index (χ2n) is 15.3. The monoisotopic (exact) mass is 790 g/mol. The Hall–Kier alpha value is -7.36. The number of amides is 4. The van der Waals surface area contributed by atoms with E-state index in [1.165, 1.54) is 40.2 Å². The van der Waals surface area contributed by atoms with Crippen molar-refractivity contribution in [3.05, 3.63) is 120 Å². The number of carbonyl (C=O) groups excluding carboxylic acids is 4. The van der Waals surface area contributed by atoms with Crippen LogP contribution < -0.4 is 15.1 Å². The van der Waals surface area contributed by atoms with E-state index in [1.54, 1.807) is 44.9 Å². The van der Waals surface area contributed by atoms with Crippen LogP contribution in [0.2, 0.25) is 0 Å². The van der Waals surface area contributed by atoms with E-state index in [2.05, 4.69) is 45.2 Å². The molecule has 16 nitrogen and oxygen atoms in total. The summed E-state index contributed by atoms with van der Waals surface area (Å²) in [6.07, 6.45) is 9.97. The first-order valence-electron chi connectivity index (χ1n) is 18.7. The van der Waals surface area contributed by atoms with Crippen molar-refractivity contribution in [3.8, 4) is 22.3 Å². The van der Waals surface area contributed by atoms with Gasteiger partial charge in [-0.15, -0.1) is 0 Å². The van der Waals surface area contributed by atoms with E-state index in [-0.39, 0.29) is 46.9 Å². The van der Waals surface area contributed by atoms with E-state index in [9.17, 15) is 19.2 Å². The molecule has 2 aliphatic rings. The fourth-order valence-electron chi connectivity index (χ4n) is 6.85. The second kappa shape index (κ2) is 15.2. The maximum Gasteiger partial charge on any atom is 0.272 e. The molecule has 4 aromatic heterocycles. The van der Waals surface area contributed by atoms with Crippen molar-refractivity contribution < 1.29 is 19.2 Å². The third-order valence-corrected chi connectivity index (χ3v) is 10.3. The molecular formula is C43H42N12O4. The lowest BCUT2D eigenvalue weighted by Crippen LogP contribution is -2.34. The summed E-state index contributed by atoms with van der Waals surface area (Å²) in [6, 6.07) is 14.7. The summed E-state index contributed by atoms with van der Waals surface area (Å²) >= 11 is 0. The average Bonchev–Trinajstić information content (AvgIpc) is 3.56.